The number of anilines is 2. The Morgan fingerprint density at radius 2 is 2.00 bits per heavy atom. The van der Waals surface area contributed by atoms with E-state index in [1.165, 1.54) is 7.11 Å². The summed E-state index contributed by atoms with van der Waals surface area (Å²) in [6, 6.07) is 1.15. The van der Waals surface area contributed by atoms with Gasteiger partial charge in [-0.1, -0.05) is 6.08 Å². The summed E-state index contributed by atoms with van der Waals surface area (Å²) in [6.07, 6.45) is 0.464. The van der Waals surface area contributed by atoms with E-state index in [1.807, 2.05) is 0 Å². The predicted octanol–water partition coefficient (Wildman–Crippen LogP) is 3.67. The molecule has 1 aromatic heterocycles. The van der Waals surface area contributed by atoms with Crippen molar-refractivity contribution >= 4 is 27.7 Å². The van der Waals surface area contributed by atoms with Crippen molar-refractivity contribution < 1.29 is 23.0 Å². The number of hydrogen-bond donors (Lipinski definition) is 2. The maximum atomic E-state index is 13.6. The summed E-state index contributed by atoms with van der Waals surface area (Å²) < 4.78 is 44.8. The van der Waals surface area contributed by atoms with Gasteiger partial charge in [0.1, 0.15) is 11.5 Å². The van der Waals surface area contributed by atoms with Crippen molar-refractivity contribution in [3.63, 3.8) is 0 Å². The number of methoxy groups -OCH3 is 1. The fourth-order valence-corrected chi connectivity index (χ4v) is 2.50. The minimum Gasteiger partial charge on any atom is -0.364 e. The average Bonchev–Trinajstić information content (AvgIpc) is 2.91. The van der Waals surface area contributed by atoms with Gasteiger partial charge in [-0.25, -0.2) is 18.2 Å². The number of allylic oxidation sites excluding steroid dienone is 1. The highest BCUT2D eigenvalue weighted by Gasteiger charge is 2.17. The number of aliphatic hydroxyl groups is 1. The smallest absolute Gasteiger partial charge is 0.187 e. The van der Waals surface area contributed by atoms with Crippen molar-refractivity contribution in [1.82, 2.24) is 4.98 Å². The summed E-state index contributed by atoms with van der Waals surface area (Å²) in [7, 11) is 1.34. The second kappa shape index (κ2) is 6.91. The number of benzene rings is 1. The first-order chi connectivity index (χ1) is 10.5. The molecular weight excluding hydrogens is 317 g/mol. The molecule has 0 bridgehead atoms. The number of halogens is 3. The fourth-order valence-electron chi connectivity index (χ4n) is 1.78. The number of nitrogens with one attached hydrogen (secondary N) is 1. The molecule has 0 saturated heterocycles. The zero-order valence-electron chi connectivity index (χ0n) is 11.7. The molecule has 0 amide bonds. The molecule has 118 valence electrons. The van der Waals surface area contributed by atoms with Crippen LogP contribution in [-0.2, 0) is 4.74 Å². The molecule has 0 radical (unpaired) electrons. The standard InChI is InChI=1S/C14H13F3N2O2S/c1-3-8(13(20)21-2)11-6-22-14(18-11)19-12-9(16)4-7(15)5-10(12)17/h3-6,13,20H,1-2H3,(H,18,19). The molecule has 0 aliphatic rings. The van der Waals surface area contributed by atoms with Crippen molar-refractivity contribution in [2.75, 3.05) is 12.4 Å². The molecule has 2 rings (SSSR count). The fraction of sp³-hybridized carbons (Fsp3) is 0.214. The lowest BCUT2D eigenvalue weighted by molar-refractivity contribution is -0.0277. The molecule has 1 atom stereocenters. The van der Waals surface area contributed by atoms with Gasteiger partial charge in [0, 0.05) is 30.2 Å². The van der Waals surface area contributed by atoms with E-state index in [4.69, 9.17) is 4.74 Å². The number of hydrogen-bond acceptors (Lipinski definition) is 5. The molecule has 0 saturated carbocycles. The van der Waals surface area contributed by atoms with Crippen LogP contribution in [0.1, 0.15) is 12.6 Å². The first kappa shape index (κ1) is 16.5. The zero-order valence-corrected chi connectivity index (χ0v) is 12.5. The summed E-state index contributed by atoms with van der Waals surface area (Å²) in [4.78, 5) is 4.12. The summed E-state index contributed by atoms with van der Waals surface area (Å²) in [6.45, 7) is 1.70. The van der Waals surface area contributed by atoms with Crippen molar-refractivity contribution in [3.8, 4) is 0 Å². The molecule has 22 heavy (non-hydrogen) atoms. The normalized spacial score (nSPS) is 13.3. The molecular formula is C14H13F3N2O2S. The van der Waals surface area contributed by atoms with Gasteiger partial charge < -0.3 is 15.2 Å². The van der Waals surface area contributed by atoms with Crippen LogP contribution in [0.15, 0.2) is 23.6 Å². The molecule has 2 N–H and O–H groups in total. The molecule has 0 fully saturated rings. The number of aliphatic hydroxyl groups excluding tert-OH is 1. The van der Waals surface area contributed by atoms with Gasteiger partial charge >= 0.3 is 0 Å². The van der Waals surface area contributed by atoms with Gasteiger partial charge in [-0.3, -0.25) is 0 Å². The molecule has 0 aliphatic carbocycles. The van der Waals surface area contributed by atoms with Gasteiger partial charge in [0.05, 0.1) is 5.69 Å². The van der Waals surface area contributed by atoms with E-state index in [2.05, 4.69) is 10.3 Å². The van der Waals surface area contributed by atoms with Crippen LogP contribution in [0.2, 0.25) is 0 Å². The van der Waals surface area contributed by atoms with E-state index in [0.29, 0.717) is 23.4 Å². The Labute approximate surface area is 128 Å². The topological polar surface area (TPSA) is 54.4 Å². The van der Waals surface area contributed by atoms with Crippen molar-refractivity contribution in [2.24, 2.45) is 0 Å². The number of nitrogens with zero attached hydrogens (tertiary/aromatic N) is 1. The molecule has 1 heterocycles. The molecule has 1 aromatic carbocycles. The molecule has 4 nitrogen and oxygen atoms in total. The second-order valence-electron chi connectivity index (χ2n) is 4.24. The Kier molecular flexibility index (Phi) is 5.17. The SMILES string of the molecule is CC=C(c1csc(Nc2c(F)cc(F)cc2F)n1)C(O)OC. The van der Waals surface area contributed by atoms with Crippen LogP contribution >= 0.6 is 11.3 Å². The van der Waals surface area contributed by atoms with Crippen LogP contribution in [0.25, 0.3) is 5.57 Å². The van der Waals surface area contributed by atoms with Gasteiger partial charge in [0.25, 0.3) is 0 Å². The van der Waals surface area contributed by atoms with E-state index < -0.39 is 29.4 Å². The lowest BCUT2D eigenvalue weighted by Gasteiger charge is -2.10. The van der Waals surface area contributed by atoms with Gasteiger partial charge in [-0.05, 0) is 6.92 Å². The second-order valence-corrected chi connectivity index (χ2v) is 5.10. The Balaban J connectivity index is 2.27. The molecule has 1 unspecified atom stereocenters. The van der Waals surface area contributed by atoms with E-state index in [0.717, 1.165) is 11.3 Å². The first-order valence-electron chi connectivity index (χ1n) is 6.20. The van der Waals surface area contributed by atoms with Crippen LogP contribution in [0.4, 0.5) is 24.0 Å². The Hall–Kier alpha value is -1.90. The first-order valence-corrected chi connectivity index (χ1v) is 7.08. The van der Waals surface area contributed by atoms with E-state index in [1.54, 1.807) is 18.4 Å². The third-order valence-corrected chi connectivity index (χ3v) is 3.60. The lowest BCUT2D eigenvalue weighted by Crippen LogP contribution is -2.11. The van der Waals surface area contributed by atoms with Crippen molar-refractivity contribution in [1.29, 1.82) is 0 Å². The highest BCUT2D eigenvalue weighted by atomic mass is 32.1. The maximum absolute atomic E-state index is 13.6. The number of ether oxygens (including phenoxy) is 1. The quantitative estimate of drug-likeness (QED) is 0.821. The summed E-state index contributed by atoms with van der Waals surface area (Å²) in [5.74, 6) is -3.12. The molecule has 2 aromatic rings. The van der Waals surface area contributed by atoms with E-state index in [-0.39, 0.29) is 5.13 Å². The van der Waals surface area contributed by atoms with Crippen molar-refractivity contribution in [2.45, 2.75) is 13.2 Å². The third kappa shape index (κ3) is 3.46. The molecule has 0 spiro atoms. The van der Waals surface area contributed by atoms with Crippen LogP contribution in [-0.4, -0.2) is 23.5 Å². The van der Waals surface area contributed by atoms with Gasteiger partial charge in [-0.2, -0.15) is 0 Å². The molecule has 0 aliphatic heterocycles. The minimum atomic E-state index is -1.15. The zero-order chi connectivity index (χ0) is 16.3. The summed E-state index contributed by atoms with van der Waals surface area (Å²) in [5.41, 5.74) is 0.343. The highest BCUT2D eigenvalue weighted by Crippen LogP contribution is 2.29. The van der Waals surface area contributed by atoms with Crippen LogP contribution in [0, 0.1) is 17.5 Å². The average molecular weight is 330 g/mol. The number of thiazole rings is 1. The summed E-state index contributed by atoms with van der Waals surface area (Å²) >= 11 is 1.08. The van der Waals surface area contributed by atoms with E-state index >= 15 is 0 Å². The van der Waals surface area contributed by atoms with Crippen LogP contribution in [0.3, 0.4) is 0 Å². The Bertz CT molecular complexity index is 680. The number of aromatic nitrogens is 1. The predicted molar refractivity (Wildman–Crippen MR) is 78.4 cm³/mol. The van der Waals surface area contributed by atoms with Crippen molar-refractivity contribution in [3.05, 3.63) is 46.7 Å². The lowest BCUT2D eigenvalue weighted by atomic mass is 10.2. The maximum Gasteiger partial charge on any atom is 0.187 e. The monoisotopic (exact) mass is 330 g/mol. The highest BCUT2D eigenvalue weighted by molar-refractivity contribution is 7.13. The van der Waals surface area contributed by atoms with Gasteiger partial charge in [0.15, 0.2) is 23.1 Å². The van der Waals surface area contributed by atoms with Crippen LogP contribution in [0.5, 0.6) is 0 Å². The van der Waals surface area contributed by atoms with E-state index in [9.17, 15) is 18.3 Å². The Morgan fingerprint density at radius 1 is 1.36 bits per heavy atom. The largest absolute Gasteiger partial charge is 0.364 e. The third-order valence-electron chi connectivity index (χ3n) is 2.84. The molecule has 8 heteroatoms. The van der Waals surface area contributed by atoms with Crippen LogP contribution < -0.4 is 5.32 Å². The number of rotatable bonds is 5. The van der Waals surface area contributed by atoms with Gasteiger partial charge in [0.2, 0.25) is 0 Å². The minimum absolute atomic E-state index is 0.196. The van der Waals surface area contributed by atoms with Gasteiger partial charge in [-0.15, -0.1) is 11.3 Å². The Morgan fingerprint density at radius 3 is 2.55 bits per heavy atom. The summed E-state index contributed by atoms with van der Waals surface area (Å²) in [5, 5.41) is 13.9.